The van der Waals surface area contributed by atoms with E-state index in [1.54, 1.807) is 11.3 Å². The van der Waals surface area contributed by atoms with Crippen molar-refractivity contribution in [3.63, 3.8) is 0 Å². The third-order valence-electron chi connectivity index (χ3n) is 3.87. The summed E-state index contributed by atoms with van der Waals surface area (Å²) in [4.78, 5) is 1.33. The molecule has 1 aromatic heterocycles. The van der Waals surface area contributed by atoms with Crippen molar-refractivity contribution < 1.29 is 0 Å². The van der Waals surface area contributed by atoms with Gasteiger partial charge in [-0.1, -0.05) is 24.9 Å². The summed E-state index contributed by atoms with van der Waals surface area (Å²) in [6.45, 7) is 6.73. The highest BCUT2D eigenvalue weighted by Crippen LogP contribution is 2.33. The Balaban J connectivity index is 1.82. The van der Waals surface area contributed by atoms with Gasteiger partial charge in [-0.25, -0.2) is 0 Å². The zero-order chi connectivity index (χ0) is 12.8. The van der Waals surface area contributed by atoms with Crippen molar-refractivity contribution in [2.24, 2.45) is 5.41 Å². The summed E-state index contributed by atoms with van der Waals surface area (Å²) in [6.07, 6.45) is 5.23. The van der Waals surface area contributed by atoms with Gasteiger partial charge in [0.2, 0.25) is 0 Å². The van der Waals surface area contributed by atoms with E-state index in [0.717, 1.165) is 17.4 Å². The van der Waals surface area contributed by atoms with Crippen molar-refractivity contribution in [3.8, 4) is 0 Å². The average Bonchev–Trinajstić information content (AvgIpc) is 2.77. The Morgan fingerprint density at radius 2 is 2.17 bits per heavy atom. The van der Waals surface area contributed by atoms with Crippen LogP contribution in [-0.2, 0) is 6.54 Å². The molecule has 1 aliphatic heterocycles. The number of piperidine rings is 1. The Kier molecular flexibility index (Phi) is 5.49. The van der Waals surface area contributed by atoms with E-state index in [1.807, 2.05) is 6.07 Å². The van der Waals surface area contributed by atoms with Crippen molar-refractivity contribution in [2.75, 3.05) is 19.6 Å². The van der Waals surface area contributed by atoms with Gasteiger partial charge in [-0.15, -0.1) is 11.3 Å². The molecule has 2 N–H and O–H groups in total. The molecule has 1 aromatic rings. The Bertz CT molecular complexity index is 353. The highest BCUT2D eigenvalue weighted by molar-refractivity contribution is 7.16. The van der Waals surface area contributed by atoms with Gasteiger partial charge in [-0.2, -0.15) is 0 Å². The minimum atomic E-state index is 0.515. The fourth-order valence-corrected chi connectivity index (χ4v) is 3.96. The molecule has 18 heavy (non-hydrogen) atoms. The second-order valence-corrected chi connectivity index (χ2v) is 7.11. The fraction of sp³-hybridized carbons (Fsp3) is 0.714. The first-order valence-corrected chi connectivity index (χ1v) is 8.09. The molecule has 4 heteroatoms. The van der Waals surface area contributed by atoms with E-state index < -0.39 is 0 Å². The molecule has 0 aliphatic carbocycles. The van der Waals surface area contributed by atoms with Gasteiger partial charge in [0.25, 0.3) is 0 Å². The summed E-state index contributed by atoms with van der Waals surface area (Å²) >= 11 is 7.62. The van der Waals surface area contributed by atoms with Crippen LogP contribution in [-0.4, -0.2) is 19.6 Å². The average molecular weight is 287 g/mol. The van der Waals surface area contributed by atoms with E-state index in [-0.39, 0.29) is 0 Å². The molecule has 2 rings (SSSR count). The minimum absolute atomic E-state index is 0.515. The molecule has 0 unspecified atom stereocenters. The van der Waals surface area contributed by atoms with E-state index in [2.05, 4.69) is 23.6 Å². The van der Waals surface area contributed by atoms with Crippen LogP contribution in [0.5, 0.6) is 0 Å². The van der Waals surface area contributed by atoms with Gasteiger partial charge in [-0.05, 0) is 49.9 Å². The van der Waals surface area contributed by atoms with Crippen LogP contribution in [0.4, 0.5) is 0 Å². The maximum atomic E-state index is 5.95. The molecule has 1 saturated heterocycles. The third kappa shape index (κ3) is 3.95. The summed E-state index contributed by atoms with van der Waals surface area (Å²) in [6, 6.07) is 4.10. The van der Waals surface area contributed by atoms with E-state index >= 15 is 0 Å². The molecule has 0 bridgehead atoms. The number of rotatable bonds is 6. The van der Waals surface area contributed by atoms with Crippen LogP contribution in [0.1, 0.15) is 37.5 Å². The third-order valence-corrected chi connectivity index (χ3v) is 5.10. The molecule has 0 amide bonds. The lowest BCUT2D eigenvalue weighted by atomic mass is 9.75. The number of nitrogens with one attached hydrogen (secondary N) is 2. The molecule has 0 saturated carbocycles. The normalized spacial score (nSPS) is 19.0. The minimum Gasteiger partial charge on any atom is -0.317 e. The van der Waals surface area contributed by atoms with E-state index in [0.29, 0.717) is 5.41 Å². The predicted molar refractivity (Wildman–Crippen MR) is 80.5 cm³/mol. The number of hydrogen-bond donors (Lipinski definition) is 2. The van der Waals surface area contributed by atoms with Gasteiger partial charge in [0.1, 0.15) is 0 Å². The molecular formula is C14H23ClN2S. The first kappa shape index (κ1) is 14.3. The van der Waals surface area contributed by atoms with Gasteiger partial charge in [-0.3, -0.25) is 0 Å². The van der Waals surface area contributed by atoms with Crippen molar-refractivity contribution in [1.82, 2.24) is 10.6 Å². The Morgan fingerprint density at radius 1 is 1.39 bits per heavy atom. The Morgan fingerprint density at radius 3 is 2.78 bits per heavy atom. The highest BCUT2D eigenvalue weighted by atomic mass is 35.5. The molecule has 1 fully saturated rings. The van der Waals surface area contributed by atoms with E-state index in [9.17, 15) is 0 Å². The van der Waals surface area contributed by atoms with Gasteiger partial charge in [0.15, 0.2) is 0 Å². The largest absolute Gasteiger partial charge is 0.317 e. The zero-order valence-corrected chi connectivity index (χ0v) is 12.7. The first-order valence-electron chi connectivity index (χ1n) is 6.90. The fourth-order valence-electron chi connectivity index (χ4n) is 2.90. The molecule has 0 aromatic carbocycles. The van der Waals surface area contributed by atoms with Crippen LogP contribution in [0.2, 0.25) is 4.34 Å². The monoisotopic (exact) mass is 286 g/mol. The molecule has 2 nitrogen and oxygen atoms in total. The number of hydrogen-bond acceptors (Lipinski definition) is 3. The Labute approximate surface area is 119 Å². The molecule has 102 valence electrons. The van der Waals surface area contributed by atoms with Crippen LogP contribution >= 0.6 is 22.9 Å². The predicted octanol–water partition coefficient (Wildman–Crippen LogP) is 3.66. The topological polar surface area (TPSA) is 24.1 Å². The maximum absolute atomic E-state index is 5.95. The second-order valence-electron chi connectivity index (χ2n) is 5.31. The number of halogens is 1. The summed E-state index contributed by atoms with van der Waals surface area (Å²) in [7, 11) is 0. The summed E-state index contributed by atoms with van der Waals surface area (Å²) in [5.74, 6) is 0. The van der Waals surface area contributed by atoms with Crippen molar-refractivity contribution in [2.45, 2.75) is 39.2 Å². The smallest absolute Gasteiger partial charge is 0.0931 e. The molecule has 0 radical (unpaired) electrons. The molecular weight excluding hydrogens is 264 g/mol. The molecule has 0 spiro atoms. The lowest BCUT2D eigenvalue weighted by molar-refractivity contribution is 0.176. The Hall–Kier alpha value is -0.0900. The quantitative estimate of drug-likeness (QED) is 0.834. The van der Waals surface area contributed by atoms with Gasteiger partial charge in [0, 0.05) is 18.0 Å². The summed E-state index contributed by atoms with van der Waals surface area (Å²) < 4.78 is 0.886. The molecule has 2 heterocycles. The second kappa shape index (κ2) is 6.90. The maximum Gasteiger partial charge on any atom is 0.0931 e. The lowest BCUT2D eigenvalue weighted by Crippen LogP contribution is -2.43. The SMILES string of the molecule is CCCC1(CNCc2ccc(Cl)s2)CCNCC1. The first-order chi connectivity index (χ1) is 8.74. The summed E-state index contributed by atoms with van der Waals surface area (Å²) in [5.41, 5.74) is 0.515. The van der Waals surface area contributed by atoms with Crippen molar-refractivity contribution in [3.05, 3.63) is 21.3 Å². The lowest BCUT2D eigenvalue weighted by Gasteiger charge is -2.38. The highest BCUT2D eigenvalue weighted by Gasteiger charge is 2.30. The van der Waals surface area contributed by atoms with Crippen LogP contribution in [0.15, 0.2) is 12.1 Å². The van der Waals surface area contributed by atoms with Gasteiger partial charge in [0.05, 0.1) is 4.34 Å². The van der Waals surface area contributed by atoms with Crippen molar-refractivity contribution >= 4 is 22.9 Å². The molecule has 1 aliphatic rings. The molecule has 0 atom stereocenters. The van der Waals surface area contributed by atoms with Crippen LogP contribution in [0, 0.1) is 5.41 Å². The zero-order valence-electron chi connectivity index (χ0n) is 11.1. The number of thiophene rings is 1. The van der Waals surface area contributed by atoms with E-state index in [1.165, 1.54) is 43.6 Å². The van der Waals surface area contributed by atoms with E-state index in [4.69, 9.17) is 11.6 Å². The summed E-state index contributed by atoms with van der Waals surface area (Å²) in [5, 5.41) is 7.10. The van der Waals surface area contributed by atoms with Crippen LogP contribution in [0.25, 0.3) is 0 Å². The van der Waals surface area contributed by atoms with Gasteiger partial charge < -0.3 is 10.6 Å². The van der Waals surface area contributed by atoms with Gasteiger partial charge >= 0.3 is 0 Å². The standard InChI is InChI=1S/C14H23ClN2S/c1-2-5-14(6-8-16-9-7-14)11-17-10-12-3-4-13(15)18-12/h3-4,16-17H,2,5-11H2,1H3. The van der Waals surface area contributed by atoms with Crippen LogP contribution in [0.3, 0.4) is 0 Å². The van der Waals surface area contributed by atoms with Crippen molar-refractivity contribution in [1.29, 1.82) is 0 Å². The van der Waals surface area contributed by atoms with Crippen LogP contribution < -0.4 is 10.6 Å².